The molecule has 0 saturated carbocycles. The normalized spacial score (nSPS) is 13.5. The molecule has 1 unspecified atom stereocenters. The Hall–Kier alpha value is -0.790. The van der Waals surface area contributed by atoms with Crippen molar-refractivity contribution in [3.8, 4) is 0 Å². The number of nitrogens with two attached hydrogens (primary N) is 1. The molecule has 0 heterocycles. The van der Waals surface area contributed by atoms with Gasteiger partial charge in [-0.25, -0.2) is 17.5 Å². The van der Waals surface area contributed by atoms with Crippen LogP contribution in [-0.4, -0.2) is 26.5 Å². The molecule has 0 radical (unpaired) electrons. The maximum Gasteiger partial charge on any atom is 0.241 e. The first-order valence-electron chi connectivity index (χ1n) is 5.88. The average molecular weight is 306 g/mol. The monoisotopic (exact) mass is 306 g/mol. The Morgan fingerprint density at radius 1 is 1.47 bits per heavy atom. The molecule has 108 valence electrons. The number of nitrogen functional groups attached to an aromatic ring is 1. The summed E-state index contributed by atoms with van der Waals surface area (Å²) in [4.78, 5) is -0.0930. The number of halogens is 1. The molecule has 1 atom stereocenters. The van der Waals surface area contributed by atoms with E-state index in [0.717, 1.165) is 6.07 Å². The lowest BCUT2D eigenvalue weighted by atomic mass is 10.2. The highest BCUT2D eigenvalue weighted by atomic mass is 32.2. The van der Waals surface area contributed by atoms with Crippen LogP contribution < -0.4 is 10.5 Å². The van der Waals surface area contributed by atoms with Crippen LogP contribution in [0.1, 0.15) is 18.9 Å². The van der Waals surface area contributed by atoms with Crippen molar-refractivity contribution in [1.29, 1.82) is 0 Å². The zero-order valence-electron chi connectivity index (χ0n) is 11.2. The van der Waals surface area contributed by atoms with Gasteiger partial charge in [0.25, 0.3) is 0 Å². The van der Waals surface area contributed by atoms with Gasteiger partial charge in [-0.2, -0.15) is 11.8 Å². The Balaban J connectivity index is 3.13. The van der Waals surface area contributed by atoms with Crippen LogP contribution in [-0.2, 0) is 10.0 Å². The molecule has 0 fully saturated rings. The molecule has 1 aromatic carbocycles. The molecule has 0 bridgehead atoms. The third-order valence-corrected chi connectivity index (χ3v) is 5.17. The summed E-state index contributed by atoms with van der Waals surface area (Å²) in [7, 11) is -3.75. The largest absolute Gasteiger partial charge is 0.399 e. The van der Waals surface area contributed by atoms with Gasteiger partial charge in [-0.15, -0.1) is 0 Å². The quantitative estimate of drug-likeness (QED) is 0.790. The van der Waals surface area contributed by atoms with Crippen LogP contribution >= 0.6 is 11.8 Å². The third-order valence-electron chi connectivity index (χ3n) is 2.79. The van der Waals surface area contributed by atoms with E-state index in [4.69, 9.17) is 5.73 Å². The van der Waals surface area contributed by atoms with E-state index < -0.39 is 15.8 Å². The van der Waals surface area contributed by atoms with E-state index >= 15 is 0 Å². The molecule has 0 aliphatic rings. The molecule has 0 aliphatic heterocycles. The van der Waals surface area contributed by atoms with Crippen LogP contribution in [0.5, 0.6) is 0 Å². The maximum absolute atomic E-state index is 13.6. The number of thioether (sulfide) groups is 1. The van der Waals surface area contributed by atoms with Gasteiger partial charge in [0.05, 0.1) is 4.90 Å². The number of benzene rings is 1. The Morgan fingerprint density at radius 2 is 2.11 bits per heavy atom. The van der Waals surface area contributed by atoms with Crippen molar-refractivity contribution < 1.29 is 12.8 Å². The standard InChI is InChI=1S/C12H19FN2O2S2/c1-4-10(7-18-3)15-19(16,17)12-6-9(14)5-11(13)8(12)2/h5-6,10,15H,4,7,14H2,1-3H3. The summed E-state index contributed by atoms with van der Waals surface area (Å²) in [6.45, 7) is 3.33. The Bertz CT molecular complexity index is 547. The van der Waals surface area contributed by atoms with Crippen molar-refractivity contribution in [2.24, 2.45) is 0 Å². The SMILES string of the molecule is CCC(CSC)NS(=O)(=O)c1cc(N)cc(F)c1C. The maximum atomic E-state index is 13.6. The second-order valence-electron chi connectivity index (χ2n) is 4.31. The van der Waals surface area contributed by atoms with Crippen LogP contribution in [0, 0.1) is 12.7 Å². The predicted molar refractivity (Wildman–Crippen MR) is 78.3 cm³/mol. The average Bonchev–Trinajstić information content (AvgIpc) is 2.32. The third kappa shape index (κ3) is 4.09. The summed E-state index contributed by atoms with van der Waals surface area (Å²) in [5.41, 5.74) is 5.69. The van der Waals surface area contributed by atoms with Crippen LogP contribution in [0.25, 0.3) is 0 Å². The molecule has 0 amide bonds. The summed E-state index contributed by atoms with van der Waals surface area (Å²) in [6, 6.07) is 2.23. The van der Waals surface area contributed by atoms with Crippen molar-refractivity contribution in [3.63, 3.8) is 0 Å². The van der Waals surface area contributed by atoms with Crippen molar-refractivity contribution in [2.45, 2.75) is 31.2 Å². The lowest BCUT2D eigenvalue weighted by Gasteiger charge is -2.17. The molecule has 1 rings (SSSR count). The zero-order valence-corrected chi connectivity index (χ0v) is 12.9. The minimum atomic E-state index is -3.75. The second kappa shape index (κ2) is 6.58. The number of anilines is 1. The van der Waals surface area contributed by atoms with Crippen molar-refractivity contribution in [2.75, 3.05) is 17.7 Å². The zero-order chi connectivity index (χ0) is 14.6. The minimum absolute atomic E-state index is 0.0840. The number of sulfonamides is 1. The summed E-state index contributed by atoms with van der Waals surface area (Å²) >= 11 is 1.55. The van der Waals surface area contributed by atoms with Gasteiger partial charge in [0, 0.05) is 23.0 Å². The molecule has 7 heteroatoms. The highest BCUT2D eigenvalue weighted by Gasteiger charge is 2.22. The summed E-state index contributed by atoms with van der Waals surface area (Å²) < 4.78 is 40.7. The first-order chi connectivity index (χ1) is 8.81. The lowest BCUT2D eigenvalue weighted by molar-refractivity contribution is 0.554. The van der Waals surface area contributed by atoms with Gasteiger partial charge in [0.15, 0.2) is 0 Å². The summed E-state index contributed by atoms with van der Waals surface area (Å²) in [6.07, 6.45) is 2.58. The Kier molecular flexibility index (Phi) is 5.64. The van der Waals surface area contributed by atoms with Gasteiger partial charge in [0.2, 0.25) is 10.0 Å². The Morgan fingerprint density at radius 3 is 2.63 bits per heavy atom. The van der Waals surface area contributed by atoms with E-state index in [1.807, 2.05) is 13.2 Å². The van der Waals surface area contributed by atoms with Crippen LogP contribution in [0.2, 0.25) is 0 Å². The van der Waals surface area contributed by atoms with Gasteiger partial charge in [-0.1, -0.05) is 6.92 Å². The molecule has 1 aromatic rings. The fourth-order valence-corrected chi connectivity index (χ4v) is 4.11. The molecular weight excluding hydrogens is 287 g/mol. The van der Waals surface area contributed by atoms with Gasteiger partial charge in [-0.05, 0) is 31.7 Å². The number of nitrogens with one attached hydrogen (secondary N) is 1. The van der Waals surface area contributed by atoms with E-state index in [-0.39, 0.29) is 22.2 Å². The molecule has 0 aliphatic carbocycles. The number of hydrogen-bond acceptors (Lipinski definition) is 4. The van der Waals surface area contributed by atoms with Crippen molar-refractivity contribution >= 4 is 27.5 Å². The van der Waals surface area contributed by atoms with Crippen molar-refractivity contribution in [1.82, 2.24) is 4.72 Å². The highest BCUT2D eigenvalue weighted by Crippen LogP contribution is 2.22. The Labute approximate surface area is 118 Å². The van der Waals surface area contributed by atoms with E-state index in [0.29, 0.717) is 12.2 Å². The smallest absolute Gasteiger partial charge is 0.241 e. The van der Waals surface area contributed by atoms with Gasteiger partial charge in [-0.3, -0.25) is 0 Å². The van der Waals surface area contributed by atoms with Crippen LogP contribution in [0.4, 0.5) is 10.1 Å². The van der Waals surface area contributed by atoms with Gasteiger partial charge < -0.3 is 5.73 Å². The fourth-order valence-electron chi connectivity index (χ4n) is 1.67. The molecule has 0 spiro atoms. The minimum Gasteiger partial charge on any atom is -0.399 e. The van der Waals surface area contributed by atoms with E-state index in [9.17, 15) is 12.8 Å². The predicted octanol–water partition coefficient (Wildman–Crippen LogP) is 2.14. The fraction of sp³-hybridized carbons (Fsp3) is 0.500. The number of hydrogen-bond donors (Lipinski definition) is 2. The van der Waals surface area contributed by atoms with E-state index in [1.165, 1.54) is 13.0 Å². The molecule has 3 N–H and O–H groups in total. The molecule has 0 saturated heterocycles. The molecular formula is C12H19FN2O2S2. The topological polar surface area (TPSA) is 72.2 Å². The summed E-state index contributed by atoms with van der Waals surface area (Å²) in [5, 5.41) is 0. The van der Waals surface area contributed by atoms with E-state index in [1.54, 1.807) is 11.8 Å². The van der Waals surface area contributed by atoms with Crippen molar-refractivity contribution in [3.05, 3.63) is 23.5 Å². The van der Waals surface area contributed by atoms with Crippen LogP contribution in [0.15, 0.2) is 17.0 Å². The number of rotatable bonds is 6. The van der Waals surface area contributed by atoms with Gasteiger partial charge >= 0.3 is 0 Å². The lowest BCUT2D eigenvalue weighted by Crippen LogP contribution is -2.36. The summed E-state index contributed by atoms with van der Waals surface area (Å²) in [5.74, 6) is 0.0536. The molecule has 0 aromatic heterocycles. The molecule has 19 heavy (non-hydrogen) atoms. The first kappa shape index (κ1) is 16.3. The first-order valence-corrected chi connectivity index (χ1v) is 8.76. The second-order valence-corrected chi connectivity index (χ2v) is 6.90. The highest BCUT2D eigenvalue weighted by molar-refractivity contribution is 7.98. The van der Waals surface area contributed by atoms with E-state index in [2.05, 4.69) is 4.72 Å². The van der Waals surface area contributed by atoms with Gasteiger partial charge in [0.1, 0.15) is 5.82 Å². The van der Waals surface area contributed by atoms with Crippen LogP contribution in [0.3, 0.4) is 0 Å². The molecule has 4 nitrogen and oxygen atoms in total.